The molecule has 12 nitrogen and oxygen atoms in total. The van der Waals surface area contributed by atoms with Crippen molar-refractivity contribution in [2.75, 3.05) is 30.5 Å². The SMILES string of the molecule is CN[C@@H](C)C(=O)N[C@H]1CN(C(=O)c2ccn(C)n2)c2ccccc2N(Cc2c(OC)ccc3cc(Br)ccc23)C1=O.O=C(O)C(F)(F)F. The Bertz CT molecular complexity index is 1850. The summed E-state index contributed by atoms with van der Waals surface area (Å²) in [6.07, 6.45) is -3.40. The van der Waals surface area contributed by atoms with Crippen molar-refractivity contribution in [3.05, 3.63) is 82.6 Å². The lowest BCUT2D eigenvalue weighted by atomic mass is 10.0. The van der Waals surface area contributed by atoms with E-state index in [1.807, 2.05) is 42.5 Å². The molecular formula is C32H32BrF3N6O6. The van der Waals surface area contributed by atoms with Gasteiger partial charge in [-0.3, -0.25) is 19.1 Å². The van der Waals surface area contributed by atoms with Crippen molar-refractivity contribution in [3.63, 3.8) is 0 Å². The van der Waals surface area contributed by atoms with Gasteiger partial charge >= 0.3 is 12.1 Å². The molecule has 0 unspecified atom stereocenters. The molecule has 1 aliphatic heterocycles. The number of carboxylic acid groups (broad SMARTS) is 1. The zero-order valence-corrected chi connectivity index (χ0v) is 27.8. The van der Waals surface area contributed by atoms with Gasteiger partial charge in [-0.05, 0) is 61.1 Å². The van der Waals surface area contributed by atoms with Crippen LogP contribution in [0.5, 0.6) is 5.75 Å². The normalized spacial score (nSPS) is 15.2. The Kier molecular flexibility index (Phi) is 11.1. The van der Waals surface area contributed by atoms with E-state index in [1.54, 1.807) is 62.1 Å². The third-order valence-electron chi connectivity index (χ3n) is 7.54. The highest BCUT2D eigenvalue weighted by atomic mass is 79.9. The van der Waals surface area contributed by atoms with Crippen molar-refractivity contribution in [2.45, 2.75) is 31.7 Å². The Labute approximate surface area is 281 Å². The second kappa shape index (κ2) is 14.9. The number of aromatic nitrogens is 2. The highest BCUT2D eigenvalue weighted by molar-refractivity contribution is 9.10. The van der Waals surface area contributed by atoms with E-state index in [0.29, 0.717) is 17.1 Å². The summed E-state index contributed by atoms with van der Waals surface area (Å²) in [7, 11) is 5.00. The molecule has 5 rings (SSSR count). The zero-order valence-electron chi connectivity index (χ0n) is 26.2. The van der Waals surface area contributed by atoms with E-state index < -0.39 is 24.2 Å². The Hall–Kier alpha value is -4.96. The number of aryl methyl sites for hydroxylation is 1. The fourth-order valence-corrected chi connectivity index (χ4v) is 5.38. The predicted octanol–water partition coefficient (Wildman–Crippen LogP) is 4.26. The smallest absolute Gasteiger partial charge is 0.490 e. The summed E-state index contributed by atoms with van der Waals surface area (Å²) in [6.45, 7) is 1.79. The number of nitrogens with one attached hydrogen (secondary N) is 2. The van der Waals surface area contributed by atoms with E-state index >= 15 is 0 Å². The number of para-hydroxylation sites is 2. The van der Waals surface area contributed by atoms with Gasteiger partial charge in [0.15, 0.2) is 5.69 Å². The first-order valence-corrected chi connectivity index (χ1v) is 15.2. The average Bonchev–Trinajstić information content (AvgIpc) is 3.45. The molecule has 254 valence electrons. The number of likely N-dealkylation sites (N-methyl/N-ethyl adjacent to an activating group) is 1. The van der Waals surface area contributed by atoms with E-state index in [4.69, 9.17) is 14.6 Å². The second-order valence-electron chi connectivity index (χ2n) is 10.7. The maximum Gasteiger partial charge on any atom is 0.490 e. The summed E-state index contributed by atoms with van der Waals surface area (Å²) >= 11 is 3.54. The van der Waals surface area contributed by atoms with Crippen molar-refractivity contribution in [2.24, 2.45) is 7.05 Å². The van der Waals surface area contributed by atoms with Gasteiger partial charge in [0.25, 0.3) is 11.8 Å². The predicted molar refractivity (Wildman–Crippen MR) is 175 cm³/mol. The fraction of sp³-hybridized carbons (Fsp3) is 0.281. The Morgan fingerprint density at radius 3 is 2.35 bits per heavy atom. The van der Waals surface area contributed by atoms with Crippen LogP contribution < -0.4 is 25.2 Å². The monoisotopic (exact) mass is 732 g/mol. The largest absolute Gasteiger partial charge is 0.496 e. The number of anilines is 2. The molecule has 0 aliphatic carbocycles. The maximum absolute atomic E-state index is 14.3. The highest BCUT2D eigenvalue weighted by Crippen LogP contribution is 2.38. The number of nitrogens with zero attached hydrogens (tertiary/aromatic N) is 4. The van der Waals surface area contributed by atoms with Gasteiger partial charge in [-0.15, -0.1) is 0 Å². The van der Waals surface area contributed by atoms with E-state index in [-0.39, 0.29) is 36.5 Å². The van der Waals surface area contributed by atoms with E-state index in [2.05, 4.69) is 31.7 Å². The number of alkyl halides is 3. The second-order valence-corrected chi connectivity index (χ2v) is 11.6. The Morgan fingerprint density at radius 2 is 1.77 bits per heavy atom. The van der Waals surface area contributed by atoms with Crippen LogP contribution in [0.3, 0.4) is 0 Å². The first-order valence-electron chi connectivity index (χ1n) is 14.4. The van der Waals surface area contributed by atoms with E-state index in [9.17, 15) is 27.6 Å². The third kappa shape index (κ3) is 7.94. The highest BCUT2D eigenvalue weighted by Gasteiger charge is 2.39. The topological polar surface area (TPSA) is 146 Å². The molecule has 1 aliphatic rings. The number of benzene rings is 3. The number of rotatable bonds is 7. The van der Waals surface area contributed by atoms with Crippen LogP contribution in [0.15, 0.2) is 71.3 Å². The molecule has 0 saturated carbocycles. The lowest BCUT2D eigenvalue weighted by Crippen LogP contribution is -2.55. The van der Waals surface area contributed by atoms with Crippen molar-refractivity contribution >= 4 is 61.8 Å². The molecule has 2 atom stereocenters. The van der Waals surface area contributed by atoms with Crippen LogP contribution >= 0.6 is 15.9 Å². The van der Waals surface area contributed by atoms with Gasteiger partial charge < -0.3 is 30.3 Å². The molecule has 2 heterocycles. The maximum atomic E-state index is 14.3. The van der Waals surface area contributed by atoms with Gasteiger partial charge in [-0.2, -0.15) is 18.3 Å². The molecule has 4 aromatic rings. The molecule has 0 saturated heterocycles. The molecule has 0 spiro atoms. The number of carbonyl (C=O) groups is 4. The molecular weight excluding hydrogens is 701 g/mol. The van der Waals surface area contributed by atoms with E-state index in [0.717, 1.165) is 20.8 Å². The summed E-state index contributed by atoms with van der Waals surface area (Å²) in [6, 6.07) is 17.1. The first kappa shape index (κ1) is 35.9. The lowest BCUT2D eigenvalue weighted by molar-refractivity contribution is -0.192. The number of aliphatic carboxylic acids is 1. The molecule has 48 heavy (non-hydrogen) atoms. The molecule has 3 aromatic carbocycles. The van der Waals surface area contributed by atoms with Crippen molar-refractivity contribution in [1.29, 1.82) is 0 Å². The Balaban J connectivity index is 0.000000671. The van der Waals surface area contributed by atoms with Crippen LogP contribution in [-0.2, 0) is 28.0 Å². The number of halogens is 4. The summed E-state index contributed by atoms with van der Waals surface area (Å²) in [5, 5.41) is 19.1. The van der Waals surface area contributed by atoms with Crippen LogP contribution in [-0.4, -0.2) is 77.5 Å². The fourth-order valence-electron chi connectivity index (χ4n) is 5.00. The summed E-state index contributed by atoms with van der Waals surface area (Å²) in [4.78, 5) is 53.2. The van der Waals surface area contributed by atoms with Gasteiger partial charge in [-0.25, -0.2) is 4.79 Å². The van der Waals surface area contributed by atoms with Crippen molar-refractivity contribution in [1.82, 2.24) is 20.4 Å². The van der Waals surface area contributed by atoms with Gasteiger partial charge in [0.05, 0.1) is 37.6 Å². The van der Waals surface area contributed by atoms with Crippen LogP contribution in [0.25, 0.3) is 10.8 Å². The van der Waals surface area contributed by atoms with Gasteiger partial charge in [0.2, 0.25) is 5.91 Å². The van der Waals surface area contributed by atoms with Crippen LogP contribution in [0.4, 0.5) is 24.5 Å². The number of carboxylic acids is 1. The first-order chi connectivity index (χ1) is 22.7. The minimum absolute atomic E-state index is 0.0659. The summed E-state index contributed by atoms with van der Waals surface area (Å²) in [5.41, 5.74) is 2.12. The lowest BCUT2D eigenvalue weighted by Gasteiger charge is -2.27. The number of methoxy groups -OCH3 is 1. The number of fused-ring (bicyclic) bond motifs is 2. The minimum atomic E-state index is -5.08. The standard InChI is InChI=1S/C30H31BrN6O4.C2HF3O2/c1-18(32-2)28(38)33-24-17-37(29(39)23-13-14-35(3)34-23)26-8-6-5-7-25(26)36(30(24)40)16-22-21-11-10-20(31)15-19(21)9-12-27(22)41-4;3-2(4,5)1(6)7/h5-15,18,24,32H,16-17H2,1-4H3,(H,33,38);(H,6,7)/t18-,24-;/m0./s1. The molecule has 16 heteroatoms. The van der Waals surface area contributed by atoms with Crippen LogP contribution in [0.2, 0.25) is 0 Å². The number of ether oxygens (including phenoxy) is 1. The number of amides is 3. The third-order valence-corrected chi connectivity index (χ3v) is 8.04. The van der Waals surface area contributed by atoms with Crippen molar-refractivity contribution < 1.29 is 42.2 Å². The van der Waals surface area contributed by atoms with E-state index in [1.165, 1.54) is 4.90 Å². The Morgan fingerprint density at radius 1 is 1.10 bits per heavy atom. The zero-order chi connectivity index (χ0) is 35.3. The number of carbonyl (C=O) groups excluding carboxylic acids is 3. The summed E-state index contributed by atoms with van der Waals surface area (Å²) in [5.74, 6) is -3.20. The van der Waals surface area contributed by atoms with Gasteiger partial charge in [0.1, 0.15) is 11.8 Å². The molecule has 3 amide bonds. The molecule has 0 radical (unpaired) electrons. The quantitative estimate of drug-likeness (QED) is 0.256. The number of hydrogen-bond donors (Lipinski definition) is 3. The number of hydrogen-bond acceptors (Lipinski definition) is 7. The van der Waals surface area contributed by atoms with Crippen LogP contribution in [0, 0.1) is 0 Å². The summed E-state index contributed by atoms with van der Waals surface area (Å²) < 4.78 is 40.0. The molecule has 3 N–H and O–H groups in total. The molecule has 0 fully saturated rings. The van der Waals surface area contributed by atoms with Gasteiger partial charge in [-0.1, -0.05) is 40.2 Å². The minimum Gasteiger partial charge on any atom is -0.496 e. The molecule has 1 aromatic heterocycles. The van der Waals surface area contributed by atoms with Crippen LogP contribution in [0.1, 0.15) is 23.0 Å². The van der Waals surface area contributed by atoms with Crippen molar-refractivity contribution in [3.8, 4) is 5.75 Å². The molecule has 0 bridgehead atoms. The van der Waals surface area contributed by atoms with Gasteiger partial charge in [0, 0.05) is 23.3 Å². The average molecular weight is 734 g/mol.